The van der Waals surface area contributed by atoms with Crippen LogP contribution in [0.4, 0.5) is 0 Å². The van der Waals surface area contributed by atoms with Crippen LogP contribution < -0.4 is 9.46 Å². The normalized spacial score (nSPS) is 13.0. The molecule has 0 amide bonds. The summed E-state index contributed by atoms with van der Waals surface area (Å²) in [6.07, 6.45) is -0.540. The minimum absolute atomic E-state index is 0.0762. The number of nitrogens with one attached hydrogen (secondary N) is 1. The van der Waals surface area contributed by atoms with Crippen LogP contribution in [-0.2, 0) is 10.0 Å². The quantitative estimate of drug-likeness (QED) is 0.808. The summed E-state index contributed by atoms with van der Waals surface area (Å²) >= 11 is 0. The first kappa shape index (κ1) is 17.5. The molecule has 6 nitrogen and oxygen atoms in total. The molecule has 2 rings (SSSR count). The molecule has 0 fully saturated rings. The highest BCUT2D eigenvalue weighted by molar-refractivity contribution is 7.89. The lowest BCUT2D eigenvalue weighted by Crippen LogP contribution is -2.26. The Balaban J connectivity index is 2.01. The molecule has 1 atom stereocenters. The van der Waals surface area contributed by atoms with E-state index in [1.807, 2.05) is 0 Å². The van der Waals surface area contributed by atoms with Gasteiger partial charge in [0.05, 0.1) is 13.2 Å². The summed E-state index contributed by atoms with van der Waals surface area (Å²) in [5, 5.41) is 10.2. The number of benzene rings is 1. The number of aryl methyl sites for hydroxylation is 2. The second-order valence-electron chi connectivity index (χ2n) is 5.22. The van der Waals surface area contributed by atoms with Crippen molar-refractivity contribution < 1.29 is 22.7 Å². The van der Waals surface area contributed by atoms with Gasteiger partial charge in [-0.05, 0) is 38.5 Å². The Morgan fingerprint density at radius 3 is 2.61 bits per heavy atom. The summed E-state index contributed by atoms with van der Waals surface area (Å²) in [7, 11) is -2.28. The molecular weight excluding hydrogens is 318 g/mol. The van der Waals surface area contributed by atoms with Crippen LogP contribution in [0.2, 0.25) is 0 Å². The van der Waals surface area contributed by atoms with Crippen molar-refractivity contribution in [1.29, 1.82) is 0 Å². The highest BCUT2D eigenvalue weighted by atomic mass is 32.2. The fraction of sp³-hybridized carbons (Fsp3) is 0.375. The standard InChI is InChI=1S/C16H21NO5S/c1-11-10-13(12(2)22-11)14(18)8-9-17-23(19,20)16-7-5-4-6-15(16)21-3/h4-7,10,14,17-18H,8-9H2,1-3H3/t14-/m0/s1. The van der Waals surface area contributed by atoms with Gasteiger partial charge in [-0.25, -0.2) is 13.1 Å². The summed E-state index contributed by atoms with van der Waals surface area (Å²) in [6, 6.07) is 8.14. The molecule has 0 radical (unpaired) electrons. The maximum absolute atomic E-state index is 12.3. The lowest BCUT2D eigenvalue weighted by molar-refractivity contribution is 0.167. The lowest BCUT2D eigenvalue weighted by Gasteiger charge is -2.12. The van der Waals surface area contributed by atoms with Crippen molar-refractivity contribution in [3.05, 3.63) is 47.4 Å². The molecule has 0 aliphatic carbocycles. The Kier molecular flexibility index (Phi) is 5.46. The molecular formula is C16H21NO5S. The van der Waals surface area contributed by atoms with Gasteiger partial charge in [-0.3, -0.25) is 0 Å². The maximum Gasteiger partial charge on any atom is 0.244 e. The van der Waals surface area contributed by atoms with Gasteiger partial charge in [-0.1, -0.05) is 12.1 Å². The Morgan fingerprint density at radius 1 is 1.30 bits per heavy atom. The largest absolute Gasteiger partial charge is 0.495 e. The van der Waals surface area contributed by atoms with E-state index in [-0.39, 0.29) is 23.6 Å². The lowest BCUT2D eigenvalue weighted by atomic mass is 10.1. The zero-order valence-electron chi connectivity index (χ0n) is 13.4. The number of aliphatic hydroxyl groups excluding tert-OH is 1. The molecule has 0 unspecified atom stereocenters. The number of hydrogen-bond donors (Lipinski definition) is 2. The highest BCUT2D eigenvalue weighted by Gasteiger charge is 2.20. The number of aliphatic hydroxyl groups is 1. The molecule has 23 heavy (non-hydrogen) atoms. The van der Waals surface area contributed by atoms with Crippen LogP contribution in [0, 0.1) is 13.8 Å². The Bertz CT molecular complexity index is 767. The van der Waals surface area contributed by atoms with Gasteiger partial charge in [0.1, 0.15) is 22.2 Å². The fourth-order valence-corrected chi connectivity index (χ4v) is 3.60. The number of furan rings is 1. The second-order valence-corrected chi connectivity index (χ2v) is 6.96. The maximum atomic E-state index is 12.3. The van der Waals surface area contributed by atoms with Crippen molar-refractivity contribution >= 4 is 10.0 Å². The number of ether oxygens (including phenoxy) is 1. The van der Waals surface area contributed by atoms with Gasteiger partial charge in [0, 0.05) is 12.1 Å². The van der Waals surface area contributed by atoms with E-state index in [0.29, 0.717) is 17.1 Å². The second kappa shape index (κ2) is 7.16. The monoisotopic (exact) mass is 339 g/mol. The first-order valence-corrected chi connectivity index (χ1v) is 8.71. The van der Waals surface area contributed by atoms with Crippen molar-refractivity contribution in [3.8, 4) is 5.75 Å². The summed E-state index contributed by atoms with van der Waals surface area (Å²) in [6.45, 7) is 3.67. The Labute approximate surface area is 136 Å². The van der Waals surface area contributed by atoms with E-state index in [0.717, 1.165) is 0 Å². The van der Waals surface area contributed by atoms with E-state index >= 15 is 0 Å². The zero-order valence-corrected chi connectivity index (χ0v) is 14.2. The molecule has 0 aliphatic heterocycles. The van der Waals surface area contributed by atoms with E-state index in [2.05, 4.69) is 4.72 Å². The van der Waals surface area contributed by atoms with Crippen molar-refractivity contribution in [3.63, 3.8) is 0 Å². The topological polar surface area (TPSA) is 88.8 Å². The van der Waals surface area contributed by atoms with Gasteiger partial charge < -0.3 is 14.3 Å². The predicted molar refractivity (Wildman–Crippen MR) is 85.9 cm³/mol. The van der Waals surface area contributed by atoms with Gasteiger partial charge in [0.2, 0.25) is 10.0 Å². The van der Waals surface area contributed by atoms with E-state index < -0.39 is 16.1 Å². The summed E-state index contributed by atoms with van der Waals surface area (Å²) in [4.78, 5) is 0.0762. The van der Waals surface area contributed by atoms with Gasteiger partial charge in [0.15, 0.2) is 0 Å². The predicted octanol–water partition coefficient (Wildman–Crippen LogP) is 2.31. The van der Waals surface area contributed by atoms with E-state index in [4.69, 9.17) is 9.15 Å². The molecule has 0 bridgehead atoms. The first-order chi connectivity index (χ1) is 10.8. The zero-order chi connectivity index (χ0) is 17.0. The third kappa shape index (κ3) is 4.13. The molecule has 0 saturated heterocycles. The minimum atomic E-state index is -3.70. The molecule has 0 aliphatic rings. The van der Waals surface area contributed by atoms with Crippen molar-refractivity contribution in [2.45, 2.75) is 31.3 Å². The van der Waals surface area contributed by atoms with Crippen molar-refractivity contribution in [2.24, 2.45) is 0 Å². The van der Waals surface area contributed by atoms with E-state index in [9.17, 15) is 13.5 Å². The first-order valence-electron chi connectivity index (χ1n) is 7.23. The van der Waals surface area contributed by atoms with Crippen molar-refractivity contribution in [2.75, 3.05) is 13.7 Å². The smallest absolute Gasteiger partial charge is 0.244 e. The number of rotatable bonds is 7. The number of methoxy groups -OCH3 is 1. The van der Waals surface area contributed by atoms with Gasteiger partial charge >= 0.3 is 0 Å². The van der Waals surface area contributed by atoms with Gasteiger partial charge in [-0.15, -0.1) is 0 Å². The number of para-hydroxylation sites is 1. The van der Waals surface area contributed by atoms with Crippen LogP contribution in [0.1, 0.15) is 29.6 Å². The molecule has 1 aromatic carbocycles. The Morgan fingerprint density at radius 2 is 2.00 bits per heavy atom. The van der Waals surface area contributed by atoms with Gasteiger partial charge in [-0.2, -0.15) is 0 Å². The van der Waals surface area contributed by atoms with E-state index in [1.165, 1.54) is 13.2 Å². The SMILES string of the molecule is COc1ccccc1S(=O)(=O)NCC[C@H](O)c1cc(C)oc1C. The molecule has 7 heteroatoms. The van der Waals surface area contributed by atoms with Crippen LogP contribution in [0.15, 0.2) is 39.6 Å². The average molecular weight is 339 g/mol. The average Bonchev–Trinajstić information content (AvgIpc) is 2.85. The highest BCUT2D eigenvalue weighted by Crippen LogP contribution is 2.25. The molecule has 2 aromatic rings. The molecule has 126 valence electrons. The number of sulfonamides is 1. The van der Waals surface area contributed by atoms with Crippen LogP contribution in [0.5, 0.6) is 5.75 Å². The van der Waals surface area contributed by atoms with Crippen LogP contribution >= 0.6 is 0 Å². The third-order valence-corrected chi connectivity index (χ3v) is 5.01. The molecule has 1 heterocycles. The Hall–Kier alpha value is -1.83. The third-order valence-electron chi connectivity index (χ3n) is 3.51. The van der Waals surface area contributed by atoms with Crippen molar-refractivity contribution in [1.82, 2.24) is 4.72 Å². The van der Waals surface area contributed by atoms with Crippen LogP contribution in [-0.4, -0.2) is 27.2 Å². The summed E-state index contributed by atoms with van der Waals surface area (Å²) in [5.41, 5.74) is 0.680. The van der Waals surface area contributed by atoms with Crippen LogP contribution in [0.25, 0.3) is 0 Å². The van der Waals surface area contributed by atoms with Gasteiger partial charge in [0.25, 0.3) is 0 Å². The fourth-order valence-electron chi connectivity index (χ4n) is 2.39. The summed E-state index contributed by atoms with van der Waals surface area (Å²) < 4.78 is 37.5. The number of hydrogen-bond acceptors (Lipinski definition) is 5. The van der Waals surface area contributed by atoms with E-state index in [1.54, 1.807) is 38.1 Å². The molecule has 2 N–H and O–H groups in total. The summed E-state index contributed by atoms with van der Waals surface area (Å²) in [5.74, 6) is 1.63. The molecule has 0 saturated carbocycles. The van der Waals surface area contributed by atoms with Crippen LogP contribution in [0.3, 0.4) is 0 Å². The molecule has 0 spiro atoms. The minimum Gasteiger partial charge on any atom is -0.495 e. The molecule has 1 aromatic heterocycles.